The van der Waals surface area contributed by atoms with Crippen LogP contribution in [0, 0.1) is 10.1 Å². The van der Waals surface area contributed by atoms with Crippen LogP contribution in [0.5, 0.6) is 0 Å². The first-order chi connectivity index (χ1) is 10.6. The number of benzene rings is 1. The number of amides is 2. The molecule has 1 aliphatic rings. The first-order valence-electron chi connectivity index (χ1n) is 7.09. The van der Waals surface area contributed by atoms with Crippen LogP contribution in [-0.4, -0.2) is 35.9 Å². The molecule has 1 fully saturated rings. The van der Waals surface area contributed by atoms with Crippen molar-refractivity contribution in [1.82, 2.24) is 10.6 Å². The lowest BCUT2D eigenvalue weighted by Crippen LogP contribution is -2.47. The molecule has 0 bridgehead atoms. The summed E-state index contributed by atoms with van der Waals surface area (Å²) in [6.07, 6.45) is 1.26. The number of carbonyl (C=O) groups is 2. The van der Waals surface area contributed by atoms with E-state index in [9.17, 15) is 19.7 Å². The van der Waals surface area contributed by atoms with Gasteiger partial charge in [0.1, 0.15) is 5.69 Å². The molecule has 1 heterocycles. The number of nitrogens with zero attached hydrogens (tertiary/aromatic N) is 1. The lowest BCUT2D eigenvalue weighted by atomic mass is 10.1. The molecule has 1 unspecified atom stereocenters. The van der Waals surface area contributed by atoms with Gasteiger partial charge >= 0.3 is 0 Å². The van der Waals surface area contributed by atoms with Crippen molar-refractivity contribution in [2.45, 2.75) is 25.3 Å². The molecule has 118 valence electrons. The number of hydrogen-bond acceptors (Lipinski definition) is 5. The molecule has 1 saturated heterocycles. The Morgan fingerprint density at radius 1 is 1.41 bits per heavy atom. The minimum Gasteiger partial charge on any atom is -0.379 e. The summed E-state index contributed by atoms with van der Waals surface area (Å²) in [6, 6.07) is 6.25. The molecule has 1 aromatic carbocycles. The molecule has 1 aromatic rings. The van der Waals surface area contributed by atoms with Gasteiger partial charge in [-0.1, -0.05) is 12.1 Å². The van der Waals surface area contributed by atoms with Gasteiger partial charge in [-0.15, -0.1) is 0 Å². The van der Waals surface area contributed by atoms with Gasteiger partial charge in [-0.05, 0) is 12.5 Å². The SMILES string of the molecule is O=C1CCC(NC(=O)CCNc2ccccc2[N+](=O)[O-])CN1. The lowest BCUT2D eigenvalue weighted by molar-refractivity contribution is -0.384. The summed E-state index contributed by atoms with van der Waals surface area (Å²) >= 11 is 0. The van der Waals surface area contributed by atoms with E-state index in [0.29, 0.717) is 31.6 Å². The van der Waals surface area contributed by atoms with Crippen LogP contribution in [-0.2, 0) is 9.59 Å². The summed E-state index contributed by atoms with van der Waals surface area (Å²) in [5.41, 5.74) is 0.378. The molecule has 22 heavy (non-hydrogen) atoms. The number of hydrogen-bond donors (Lipinski definition) is 3. The van der Waals surface area contributed by atoms with Gasteiger partial charge in [0, 0.05) is 38.0 Å². The summed E-state index contributed by atoms with van der Waals surface area (Å²) in [7, 11) is 0. The van der Waals surface area contributed by atoms with Crippen LogP contribution in [0.15, 0.2) is 24.3 Å². The molecule has 3 N–H and O–H groups in total. The zero-order valence-corrected chi connectivity index (χ0v) is 12.0. The number of para-hydroxylation sites is 2. The molecule has 0 radical (unpaired) electrons. The molecule has 1 aliphatic heterocycles. The van der Waals surface area contributed by atoms with Gasteiger partial charge < -0.3 is 16.0 Å². The Balaban J connectivity index is 1.75. The van der Waals surface area contributed by atoms with Crippen molar-refractivity contribution in [1.29, 1.82) is 0 Å². The summed E-state index contributed by atoms with van der Waals surface area (Å²) in [5.74, 6) is -0.143. The van der Waals surface area contributed by atoms with Crippen molar-refractivity contribution < 1.29 is 14.5 Å². The van der Waals surface area contributed by atoms with E-state index in [1.165, 1.54) is 6.07 Å². The Bertz CT molecular complexity index is 566. The Hall–Kier alpha value is -2.64. The third-order valence-electron chi connectivity index (χ3n) is 3.40. The van der Waals surface area contributed by atoms with Gasteiger partial charge in [0.15, 0.2) is 0 Å². The van der Waals surface area contributed by atoms with Crippen LogP contribution in [0.1, 0.15) is 19.3 Å². The van der Waals surface area contributed by atoms with Crippen LogP contribution in [0.25, 0.3) is 0 Å². The zero-order chi connectivity index (χ0) is 15.9. The van der Waals surface area contributed by atoms with E-state index in [-0.39, 0.29) is 30.0 Å². The normalized spacial score (nSPS) is 17.5. The topological polar surface area (TPSA) is 113 Å². The van der Waals surface area contributed by atoms with E-state index in [1.54, 1.807) is 18.2 Å². The Morgan fingerprint density at radius 2 is 2.18 bits per heavy atom. The maximum Gasteiger partial charge on any atom is 0.292 e. The number of rotatable bonds is 6. The molecule has 2 amide bonds. The van der Waals surface area contributed by atoms with E-state index in [4.69, 9.17) is 0 Å². The van der Waals surface area contributed by atoms with Crippen molar-refractivity contribution in [2.75, 3.05) is 18.4 Å². The van der Waals surface area contributed by atoms with Crippen LogP contribution in [0.3, 0.4) is 0 Å². The average Bonchev–Trinajstić information content (AvgIpc) is 2.50. The highest BCUT2D eigenvalue weighted by molar-refractivity contribution is 5.79. The van der Waals surface area contributed by atoms with Crippen molar-refractivity contribution >= 4 is 23.2 Å². The second-order valence-corrected chi connectivity index (χ2v) is 5.06. The molecule has 2 rings (SSSR count). The fraction of sp³-hybridized carbons (Fsp3) is 0.429. The molecule has 0 saturated carbocycles. The molecule has 0 aromatic heterocycles. The van der Waals surface area contributed by atoms with Gasteiger partial charge in [0.2, 0.25) is 11.8 Å². The molecular weight excluding hydrogens is 288 g/mol. The molecule has 8 heteroatoms. The van der Waals surface area contributed by atoms with E-state index >= 15 is 0 Å². The molecule has 0 aliphatic carbocycles. The van der Waals surface area contributed by atoms with E-state index < -0.39 is 4.92 Å². The van der Waals surface area contributed by atoms with Crippen LogP contribution in [0.4, 0.5) is 11.4 Å². The third-order valence-corrected chi connectivity index (χ3v) is 3.40. The number of piperidine rings is 1. The second-order valence-electron chi connectivity index (χ2n) is 5.06. The molecule has 8 nitrogen and oxygen atoms in total. The van der Waals surface area contributed by atoms with E-state index in [0.717, 1.165) is 0 Å². The predicted molar refractivity (Wildman–Crippen MR) is 80.4 cm³/mol. The van der Waals surface area contributed by atoms with Gasteiger partial charge in [0.25, 0.3) is 5.69 Å². The van der Waals surface area contributed by atoms with Crippen LogP contribution < -0.4 is 16.0 Å². The Labute approximate surface area is 127 Å². The minimum absolute atomic E-state index is 0.00329. The fourth-order valence-corrected chi connectivity index (χ4v) is 2.25. The highest BCUT2D eigenvalue weighted by atomic mass is 16.6. The Kier molecular flexibility index (Phi) is 5.29. The van der Waals surface area contributed by atoms with E-state index in [2.05, 4.69) is 16.0 Å². The third kappa shape index (κ3) is 4.44. The van der Waals surface area contributed by atoms with Crippen molar-refractivity contribution in [3.63, 3.8) is 0 Å². The van der Waals surface area contributed by atoms with Gasteiger partial charge in [0.05, 0.1) is 4.92 Å². The molecular formula is C14H18N4O4. The largest absolute Gasteiger partial charge is 0.379 e. The first kappa shape index (κ1) is 15.7. The predicted octanol–water partition coefficient (Wildman–Crippen LogP) is 0.792. The van der Waals surface area contributed by atoms with Gasteiger partial charge in [-0.3, -0.25) is 19.7 Å². The summed E-state index contributed by atoms with van der Waals surface area (Å²) in [6.45, 7) is 0.748. The number of anilines is 1. The minimum atomic E-state index is -0.465. The standard InChI is InChI=1S/C14H18N4O4/c19-13-6-5-10(9-16-13)17-14(20)7-8-15-11-3-1-2-4-12(11)18(21)22/h1-4,10,15H,5-9H2,(H,16,19)(H,17,20). The summed E-state index contributed by atoms with van der Waals surface area (Å²) < 4.78 is 0. The summed E-state index contributed by atoms with van der Waals surface area (Å²) in [5, 5.41) is 19.3. The first-order valence-corrected chi connectivity index (χ1v) is 7.09. The highest BCUT2D eigenvalue weighted by Crippen LogP contribution is 2.22. The maximum absolute atomic E-state index is 11.8. The number of nitrogens with one attached hydrogen (secondary N) is 3. The fourth-order valence-electron chi connectivity index (χ4n) is 2.25. The number of nitro groups is 1. The summed E-state index contributed by atoms with van der Waals surface area (Å²) in [4.78, 5) is 33.2. The van der Waals surface area contributed by atoms with Crippen molar-refractivity contribution in [3.8, 4) is 0 Å². The van der Waals surface area contributed by atoms with Crippen molar-refractivity contribution in [3.05, 3.63) is 34.4 Å². The zero-order valence-electron chi connectivity index (χ0n) is 12.0. The average molecular weight is 306 g/mol. The van der Waals surface area contributed by atoms with Gasteiger partial charge in [-0.2, -0.15) is 0 Å². The van der Waals surface area contributed by atoms with E-state index in [1.807, 2.05) is 0 Å². The number of carbonyl (C=O) groups excluding carboxylic acids is 2. The van der Waals surface area contributed by atoms with Crippen LogP contribution >= 0.6 is 0 Å². The lowest BCUT2D eigenvalue weighted by Gasteiger charge is -2.23. The molecule has 0 spiro atoms. The Morgan fingerprint density at radius 3 is 2.86 bits per heavy atom. The van der Waals surface area contributed by atoms with Crippen LogP contribution in [0.2, 0.25) is 0 Å². The highest BCUT2D eigenvalue weighted by Gasteiger charge is 2.19. The monoisotopic (exact) mass is 306 g/mol. The smallest absolute Gasteiger partial charge is 0.292 e. The molecule has 1 atom stereocenters. The van der Waals surface area contributed by atoms with Crippen molar-refractivity contribution in [2.24, 2.45) is 0 Å². The number of nitro benzene ring substituents is 1. The quantitative estimate of drug-likeness (QED) is 0.531. The maximum atomic E-state index is 11.8. The van der Waals surface area contributed by atoms with Gasteiger partial charge in [-0.25, -0.2) is 0 Å². The second kappa shape index (κ2) is 7.39.